The number of hydrogen-bond donors (Lipinski definition) is 1. The molecule has 0 spiro atoms. The van der Waals surface area contributed by atoms with Gasteiger partial charge in [-0.3, -0.25) is 0 Å². The van der Waals surface area contributed by atoms with Crippen LogP contribution in [0.3, 0.4) is 0 Å². The summed E-state index contributed by atoms with van der Waals surface area (Å²) in [6.07, 6.45) is 11.3. The zero-order valence-corrected chi connectivity index (χ0v) is 12.0. The number of nitrogens with one attached hydrogen (secondary N) is 1. The summed E-state index contributed by atoms with van der Waals surface area (Å²) < 4.78 is 5.91. The van der Waals surface area contributed by atoms with Gasteiger partial charge in [-0.1, -0.05) is 45.4 Å². The normalized spacial score (nSPS) is 21.4. The molecule has 0 amide bonds. The van der Waals surface area contributed by atoms with Crippen LogP contribution in [0.4, 0.5) is 0 Å². The smallest absolute Gasteiger partial charge is 0.0727 e. The third-order valence-corrected chi connectivity index (χ3v) is 4.09. The van der Waals surface area contributed by atoms with Crippen molar-refractivity contribution in [3.05, 3.63) is 0 Å². The van der Waals surface area contributed by atoms with Gasteiger partial charge in [-0.15, -0.1) is 0 Å². The van der Waals surface area contributed by atoms with Crippen LogP contribution in [0.1, 0.15) is 65.2 Å². The molecule has 102 valence electrons. The van der Waals surface area contributed by atoms with Crippen molar-refractivity contribution in [3.63, 3.8) is 0 Å². The van der Waals surface area contributed by atoms with E-state index in [2.05, 4.69) is 26.2 Å². The van der Waals surface area contributed by atoms with Gasteiger partial charge in [0.05, 0.1) is 6.10 Å². The van der Waals surface area contributed by atoms with E-state index in [1.165, 1.54) is 51.4 Å². The van der Waals surface area contributed by atoms with E-state index < -0.39 is 0 Å². The molecule has 2 heteroatoms. The molecule has 0 aromatic carbocycles. The van der Waals surface area contributed by atoms with E-state index >= 15 is 0 Å². The monoisotopic (exact) mass is 241 g/mol. The molecule has 0 aromatic heterocycles. The molecule has 1 aliphatic rings. The predicted molar refractivity (Wildman–Crippen MR) is 74.4 cm³/mol. The third kappa shape index (κ3) is 5.39. The molecule has 1 saturated carbocycles. The van der Waals surface area contributed by atoms with Crippen LogP contribution in [-0.2, 0) is 4.74 Å². The molecular formula is C15H31NO. The van der Waals surface area contributed by atoms with E-state index in [9.17, 15) is 0 Å². The molecule has 1 rings (SSSR count). The van der Waals surface area contributed by atoms with Gasteiger partial charge in [0, 0.05) is 12.6 Å². The predicted octanol–water partition coefficient (Wildman–Crippen LogP) is 3.75. The fourth-order valence-electron chi connectivity index (χ4n) is 3.14. The van der Waals surface area contributed by atoms with Crippen molar-refractivity contribution in [2.75, 3.05) is 13.7 Å². The van der Waals surface area contributed by atoms with Crippen LogP contribution in [0.25, 0.3) is 0 Å². The van der Waals surface area contributed by atoms with Crippen LogP contribution >= 0.6 is 0 Å². The highest BCUT2D eigenvalue weighted by Gasteiger charge is 2.24. The number of rotatable bonds is 8. The number of hydrogen-bond acceptors (Lipinski definition) is 2. The molecule has 2 unspecified atom stereocenters. The van der Waals surface area contributed by atoms with Gasteiger partial charge in [-0.25, -0.2) is 0 Å². The summed E-state index contributed by atoms with van der Waals surface area (Å²) in [7, 11) is 2.09. The molecule has 1 fully saturated rings. The Balaban J connectivity index is 2.42. The summed E-state index contributed by atoms with van der Waals surface area (Å²) in [6.45, 7) is 5.20. The van der Waals surface area contributed by atoms with Gasteiger partial charge in [0.1, 0.15) is 0 Å². The Labute approximate surface area is 108 Å². The lowest BCUT2D eigenvalue weighted by Gasteiger charge is -2.31. The first kappa shape index (κ1) is 15.0. The van der Waals surface area contributed by atoms with Gasteiger partial charge in [0.2, 0.25) is 0 Å². The van der Waals surface area contributed by atoms with Crippen LogP contribution in [0.5, 0.6) is 0 Å². The molecule has 0 saturated heterocycles. The van der Waals surface area contributed by atoms with Crippen LogP contribution in [0.15, 0.2) is 0 Å². The standard InChI is InChI=1S/C15H31NO/c1-4-9-15(17-5-2)14(16-3)12-13-10-7-6-8-11-13/h13-16H,4-12H2,1-3H3. The average molecular weight is 241 g/mol. The first-order valence-electron chi connectivity index (χ1n) is 7.60. The molecule has 1 aliphatic carbocycles. The van der Waals surface area contributed by atoms with E-state index in [-0.39, 0.29) is 0 Å². The van der Waals surface area contributed by atoms with E-state index in [1.807, 2.05) is 0 Å². The highest BCUT2D eigenvalue weighted by Crippen LogP contribution is 2.28. The lowest BCUT2D eigenvalue weighted by Crippen LogP contribution is -2.41. The molecule has 2 atom stereocenters. The maximum atomic E-state index is 5.91. The zero-order valence-electron chi connectivity index (χ0n) is 12.0. The van der Waals surface area contributed by atoms with Crippen LogP contribution in [-0.4, -0.2) is 25.8 Å². The van der Waals surface area contributed by atoms with Gasteiger partial charge >= 0.3 is 0 Å². The number of ether oxygens (including phenoxy) is 1. The maximum absolute atomic E-state index is 5.91. The SMILES string of the molecule is CCCC(OCC)C(CC1CCCCC1)NC. The Morgan fingerprint density at radius 3 is 2.41 bits per heavy atom. The Kier molecular flexibility index (Phi) is 7.87. The number of likely N-dealkylation sites (N-methyl/N-ethyl adjacent to an activating group) is 1. The molecule has 1 N–H and O–H groups in total. The minimum Gasteiger partial charge on any atom is -0.377 e. The summed E-state index contributed by atoms with van der Waals surface area (Å²) >= 11 is 0. The second-order valence-electron chi connectivity index (χ2n) is 5.42. The zero-order chi connectivity index (χ0) is 12.5. The van der Waals surface area contributed by atoms with Crippen molar-refractivity contribution in [1.29, 1.82) is 0 Å². The van der Waals surface area contributed by atoms with E-state index in [4.69, 9.17) is 4.74 Å². The van der Waals surface area contributed by atoms with Gasteiger partial charge < -0.3 is 10.1 Å². The summed E-state index contributed by atoms with van der Waals surface area (Å²) in [5.74, 6) is 0.931. The van der Waals surface area contributed by atoms with Crippen molar-refractivity contribution in [1.82, 2.24) is 5.32 Å². The minimum atomic E-state index is 0.414. The average Bonchev–Trinajstić information content (AvgIpc) is 2.37. The maximum Gasteiger partial charge on any atom is 0.0727 e. The highest BCUT2D eigenvalue weighted by atomic mass is 16.5. The Hall–Kier alpha value is -0.0800. The van der Waals surface area contributed by atoms with Crippen molar-refractivity contribution in [2.24, 2.45) is 5.92 Å². The molecule has 0 aromatic rings. The second-order valence-corrected chi connectivity index (χ2v) is 5.42. The Bertz CT molecular complexity index is 172. The van der Waals surface area contributed by atoms with Crippen molar-refractivity contribution >= 4 is 0 Å². The second kappa shape index (κ2) is 8.93. The van der Waals surface area contributed by atoms with Crippen LogP contribution in [0.2, 0.25) is 0 Å². The quantitative estimate of drug-likeness (QED) is 0.699. The van der Waals surface area contributed by atoms with E-state index in [0.717, 1.165) is 12.5 Å². The lowest BCUT2D eigenvalue weighted by molar-refractivity contribution is 0.0220. The van der Waals surface area contributed by atoms with Crippen molar-refractivity contribution in [3.8, 4) is 0 Å². The fourth-order valence-corrected chi connectivity index (χ4v) is 3.14. The van der Waals surface area contributed by atoms with Gasteiger partial charge in [-0.05, 0) is 32.7 Å². The van der Waals surface area contributed by atoms with Crippen molar-refractivity contribution in [2.45, 2.75) is 77.4 Å². The summed E-state index contributed by atoms with van der Waals surface area (Å²) in [5, 5.41) is 3.49. The Morgan fingerprint density at radius 1 is 1.18 bits per heavy atom. The van der Waals surface area contributed by atoms with Gasteiger partial charge in [-0.2, -0.15) is 0 Å². The molecular weight excluding hydrogens is 210 g/mol. The van der Waals surface area contributed by atoms with Crippen LogP contribution in [0, 0.1) is 5.92 Å². The molecule has 0 heterocycles. The molecule has 2 nitrogen and oxygen atoms in total. The molecule has 17 heavy (non-hydrogen) atoms. The summed E-state index contributed by atoms with van der Waals surface area (Å²) in [5.41, 5.74) is 0. The van der Waals surface area contributed by atoms with Crippen molar-refractivity contribution < 1.29 is 4.74 Å². The largest absolute Gasteiger partial charge is 0.377 e. The molecule has 0 radical (unpaired) electrons. The van der Waals surface area contributed by atoms with E-state index in [0.29, 0.717) is 12.1 Å². The summed E-state index contributed by atoms with van der Waals surface area (Å²) in [6, 6.07) is 0.554. The molecule has 0 bridgehead atoms. The fraction of sp³-hybridized carbons (Fsp3) is 1.00. The van der Waals surface area contributed by atoms with E-state index in [1.54, 1.807) is 0 Å². The third-order valence-electron chi connectivity index (χ3n) is 4.09. The van der Waals surface area contributed by atoms with Gasteiger partial charge in [0.25, 0.3) is 0 Å². The summed E-state index contributed by atoms with van der Waals surface area (Å²) in [4.78, 5) is 0. The first-order chi connectivity index (χ1) is 8.31. The Morgan fingerprint density at radius 2 is 1.88 bits per heavy atom. The highest BCUT2D eigenvalue weighted by molar-refractivity contribution is 4.80. The van der Waals surface area contributed by atoms with Gasteiger partial charge in [0.15, 0.2) is 0 Å². The van der Waals surface area contributed by atoms with Crippen LogP contribution < -0.4 is 5.32 Å². The molecule has 0 aliphatic heterocycles. The lowest BCUT2D eigenvalue weighted by atomic mass is 9.83. The topological polar surface area (TPSA) is 21.3 Å². The first-order valence-corrected chi connectivity index (χ1v) is 7.60. The minimum absolute atomic E-state index is 0.414.